The Morgan fingerprint density at radius 3 is 1.94 bits per heavy atom. The molecular weight excluding hydrogens is 211 g/mol. The standard InChI is InChI=1S/C15H25P/c1-6-10-16(11-7-2)15-9-8-12(3)13(4)14(15)5/h8-9H,6-7,10-11H2,1-5H3. The van der Waals surface area contributed by atoms with Crippen LogP contribution in [0.15, 0.2) is 12.1 Å². The van der Waals surface area contributed by atoms with Crippen molar-refractivity contribution < 1.29 is 0 Å². The van der Waals surface area contributed by atoms with Crippen LogP contribution in [0.5, 0.6) is 0 Å². The average molecular weight is 236 g/mol. The summed E-state index contributed by atoms with van der Waals surface area (Å²) >= 11 is 0. The Morgan fingerprint density at radius 2 is 1.44 bits per heavy atom. The number of benzene rings is 1. The smallest absolute Gasteiger partial charge is 0.0208 e. The quantitative estimate of drug-likeness (QED) is 0.658. The van der Waals surface area contributed by atoms with Crippen molar-refractivity contribution in [1.29, 1.82) is 0 Å². The summed E-state index contributed by atoms with van der Waals surface area (Å²) in [6.07, 6.45) is 5.43. The summed E-state index contributed by atoms with van der Waals surface area (Å²) in [4.78, 5) is 0. The van der Waals surface area contributed by atoms with E-state index in [0.717, 1.165) is 0 Å². The van der Waals surface area contributed by atoms with Crippen LogP contribution < -0.4 is 5.30 Å². The van der Waals surface area contributed by atoms with Crippen LogP contribution in [-0.2, 0) is 0 Å². The zero-order valence-corrected chi connectivity index (χ0v) is 12.3. The summed E-state index contributed by atoms with van der Waals surface area (Å²) in [5, 5.41) is 1.65. The largest absolute Gasteiger partial charge is 0.0750 e. The molecule has 0 heterocycles. The van der Waals surface area contributed by atoms with Gasteiger partial charge in [-0.05, 0) is 55.1 Å². The summed E-state index contributed by atoms with van der Waals surface area (Å²) < 4.78 is 0. The van der Waals surface area contributed by atoms with Crippen molar-refractivity contribution in [2.45, 2.75) is 47.5 Å². The first kappa shape index (κ1) is 13.7. The highest BCUT2D eigenvalue weighted by molar-refractivity contribution is 7.65. The normalized spacial score (nSPS) is 11.1. The predicted molar refractivity (Wildman–Crippen MR) is 77.5 cm³/mol. The van der Waals surface area contributed by atoms with Crippen LogP contribution in [0.1, 0.15) is 43.4 Å². The summed E-state index contributed by atoms with van der Waals surface area (Å²) in [7, 11) is 0.0946. The van der Waals surface area contributed by atoms with Gasteiger partial charge in [0, 0.05) is 0 Å². The number of hydrogen-bond acceptors (Lipinski definition) is 0. The lowest BCUT2D eigenvalue weighted by Crippen LogP contribution is -2.12. The van der Waals surface area contributed by atoms with E-state index in [-0.39, 0.29) is 7.92 Å². The second-order valence-electron chi connectivity index (χ2n) is 4.64. The molecule has 1 aromatic rings. The summed E-state index contributed by atoms with van der Waals surface area (Å²) in [5.74, 6) is 0. The van der Waals surface area contributed by atoms with E-state index >= 15 is 0 Å². The number of aryl methyl sites for hydroxylation is 1. The van der Waals surface area contributed by atoms with E-state index in [2.05, 4.69) is 46.8 Å². The first-order chi connectivity index (χ1) is 7.61. The van der Waals surface area contributed by atoms with Crippen molar-refractivity contribution in [3.05, 3.63) is 28.8 Å². The number of rotatable bonds is 5. The average Bonchev–Trinajstić information content (AvgIpc) is 2.26. The highest BCUT2D eigenvalue weighted by atomic mass is 31.1. The lowest BCUT2D eigenvalue weighted by molar-refractivity contribution is 1.06. The molecule has 0 aromatic heterocycles. The first-order valence-electron chi connectivity index (χ1n) is 6.43. The van der Waals surface area contributed by atoms with Gasteiger partial charge in [0.05, 0.1) is 0 Å². The molecule has 0 saturated carbocycles. The van der Waals surface area contributed by atoms with Crippen molar-refractivity contribution in [1.82, 2.24) is 0 Å². The topological polar surface area (TPSA) is 0 Å². The van der Waals surface area contributed by atoms with Gasteiger partial charge in [-0.2, -0.15) is 0 Å². The molecule has 0 aliphatic heterocycles. The molecule has 0 bridgehead atoms. The Kier molecular flexibility index (Phi) is 5.49. The molecule has 0 aliphatic rings. The van der Waals surface area contributed by atoms with E-state index in [1.54, 1.807) is 10.9 Å². The maximum Gasteiger partial charge on any atom is -0.0208 e. The van der Waals surface area contributed by atoms with E-state index in [1.807, 2.05) is 0 Å². The van der Waals surface area contributed by atoms with Gasteiger partial charge in [-0.3, -0.25) is 0 Å². The molecule has 0 radical (unpaired) electrons. The molecule has 0 unspecified atom stereocenters. The van der Waals surface area contributed by atoms with Crippen LogP contribution in [-0.4, -0.2) is 12.3 Å². The minimum Gasteiger partial charge on any atom is -0.0750 e. The summed E-state index contributed by atoms with van der Waals surface area (Å²) in [6.45, 7) is 11.4. The lowest BCUT2D eigenvalue weighted by Gasteiger charge is -2.21. The molecule has 0 fully saturated rings. The molecule has 1 aromatic carbocycles. The third-order valence-corrected chi connectivity index (χ3v) is 6.50. The zero-order chi connectivity index (χ0) is 12.1. The number of hydrogen-bond donors (Lipinski definition) is 0. The van der Waals surface area contributed by atoms with Gasteiger partial charge in [-0.25, -0.2) is 0 Å². The molecule has 0 N–H and O–H groups in total. The minimum atomic E-state index is 0.0946. The maximum atomic E-state index is 2.38. The molecule has 0 saturated heterocycles. The third kappa shape index (κ3) is 3.08. The Bertz CT molecular complexity index is 336. The fourth-order valence-electron chi connectivity index (χ4n) is 2.18. The van der Waals surface area contributed by atoms with Crippen LogP contribution in [0, 0.1) is 20.8 Å². The zero-order valence-electron chi connectivity index (χ0n) is 11.4. The predicted octanol–water partition coefficient (Wildman–Crippen LogP) is 4.54. The summed E-state index contributed by atoms with van der Waals surface area (Å²) in [5.41, 5.74) is 4.48. The Morgan fingerprint density at radius 1 is 0.875 bits per heavy atom. The molecule has 0 spiro atoms. The SMILES string of the molecule is CCCP(CCC)c1ccc(C)c(C)c1C. The molecule has 0 atom stereocenters. The lowest BCUT2D eigenvalue weighted by atomic mass is 10.1. The van der Waals surface area contributed by atoms with Gasteiger partial charge in [0.25, 0.3) is 0 Å². The van der Waals surface area contributed by atoms with Crippen LogP contribution in [0.4, 0.5) is 0 Å². The molecule has 0 aliphatic carbocycles. The molecule has 1 rings (SSSR count). The van der Waals surface area contributed by atoms with E-state index in [9.17, 15) is 0 Å². The summed E-state index contributed by atoms with van der Waals surface area (Å²) in [6, 6.07) is 4.69. The van der Waals surface area contributed by atoms with Gasteiger partial charge in [0.15, 0.2) is 0 Å². The van der Waals surface area contributed by atoms with Crippen LogP contribution in [0.25, 0.3) is 0 Å². The van der Waals surface area contributed by atoms with Crippen LogP contribution >= 0.6 is 7.92 Å². The Labute approximate surface area is 102 Å². The molecular formula is C15H25P. The van der Waals surface area contributed by atoms with Crippen LogP contribution in [0.2, 0.25) is 0 Å². The van der Waals surface area contributed by atoms with Crippen molar-refractivity contribution in [3.8, 4) is 0 Å². The van der Waals surface area contributed by atoms with E-state index in [0.29, 0.717) is 0 Å². The molecule has 16 heavy (non-hydrogen) atoms. The fraction of sp³-hybridized carbons (Fsp3) is 0.600. The van der Waals surface area contributed by atoms with E-state index in [1.165, 1.54) is 36.3 Å². The van der Waals surface area contributed by atoms with Gasteiger partial charge >= 0.3 is 0 Å². The first-order valence-corrected chi connectivity index (χ1v) is 8.14. The molecule has 1 heteroatoms. The monoisotopic (exact) mass is 236 g/mol. The van der Waals surface area contributed by atoms with Gasteiger partial charge in [0.2, 0.25) is 0 Å². The van der Waals surface area contributed by atoms with Crippen molar-refractivity contribution >= 4 is 13.2 Å². The van der Waals surface area contributed by atoms with E-state index in [4.69, 9.17) is 0 Å². The van der Waals surface area contributed by atoms with Gasteiger partial charge in [-0.1, -0.05) is 46.7 Å². The van der Waals surface area contributed by atoms with Crippen molar-refractivity contribution in [2.24, 2.45) is 0 Å². The fourth-order valence-corrected chi connectivity index (χ4v) is 4.89. The Balaban J connectivity index is 3.04. The molecule has 0 nitrogen and oxygen atoms in total. The second-order valence-corrected chi connectivity index (χ2v) is 7.09. The van der Waals surface area contributed by atoms with Crippen molar-refractivity contribution in [3.63, 3.8) is 0 Å². The molecule has 90 valence electrons. The van der Waals surface area contributed by atoms with Gasteiger partial charge in [0.1, 0.15) is 0 Å². The van der Waals surface area contributed by atoms with Crippen molar-refractivity contribution in [2.75, 3.05) is 12.3 Å². The van der Waals surface area contributed by atoms with Gasteiger partial charge in [-0.15, -0.1) is 0 Å². The van der Waals surface area contributed by atoms with Crippen LogP contribution in [0.3, 0.4) is 0 Å². The highest BCUT2D eigenvalue weighted by Crippen LogP contribution is 2.37. The maximum absolute atomic E-state index is 2.38. The highest BCUT2D eigenvalue weighted by Gasteiger charge is 2.13. The minimum absolute atomic E-state index is 0.0946. The van der Waals surface area contributed by atoms with Gasteiger partial charge < -0.3 is 0 Å². The second kappa shape index (κ2) is 6.40. The van der Waals surface area contributed by atoms with E-state index < -0.39 is 0 Å². The third-order valence-electron chi connectivity index (χ3n) is 3.36. The molecule has 0 amide bonds. The Hall–Kier alpha value is -0.350.